The van der Waals surface area contributed by atoms with E-state index in [1.54, 1.807) is 7.11 Å². The van der Waals surface area contributed by atoms with Gasteiger partial charge in [-0.1, -0.05) is 55.7 Å². The van der Waals surface area contributed by atoms with Gasteiger partial charge in [0.25, 0.3) is 0 Å². The number of rotatable bonds is 7. The van der Waals surface area contributed by atoms with Gasteiger partial charge in [0.05, 0.1) is 7.11 Å². The lowest BCUT2D eigenvalue weighted by atomic mass is 9.95. The van der Waals surface area contributed by atoms with Crippen molar-refractivity contribution in [3.05, 3.63) is 59.7 Å². The van der Waals surface area contributed by atoms with E-state index in [0.29, 0.717) is 12.6 Å². The minimum absolute atomic E-state index is 0. The maximum Gasteiger partial charge on any atom is 0.161 e. The van der Waals surface area contributed by atoms with Crippen molar-refractivity contribution in [3.63, 3.8) is 0 Å². The Morgan fingerprint density at radius 1 is 0.920 bits per heavy atom. The number of halogens is 1. The van der Waals surface area contributed by atoms with Crippen LogP contribution in [0.5, 0.6) is 11.5 Å². The molecule has 136 valence electrons. The van der Waals surface area contributed by atoms with Gasteiger partial charge in [-0.25, -0.2) is 0 Å². The smallest absolute Gasteiger partial charge is 0.161 e. The predicted molar refractivity (Wildman–Crippen MR) is 105 cm³/mol. The maximum atomic E-state index is 5.92. The zero-order chi connectivity index (χ0) is 16.6. The van der Waals surface area contributed by atoms with Crippen molar-refractivity contribution >= 4 is 12.4 Å². The molecule has 1 aliphatic rings. The second-order valence-electron chi connectivity index (χ2n) is 6.48. The van der Waals surface area contributed by atoms with Crippen LogP contribution in [-0.2, 0) is 13.2 Å². The molecule has 1 aliphatic carbocycles. The lowest BCUT2D eigenvalue weighted by molar-refractivity contribution is 0.284. The Bertz CT molecular complexity index is 627. The third kappa shape index (κ3) is 5.94. The van der Waals surface area contributed by atoms with Crippen LogP contribution in [0.2, 0.25) is 0 Å². The van der Waals surface area contributed by atoms with Gasteiger partial charge in [-0.3, -0.25) is 0 Å². The van der Waals surface area contributed by atoms with E-state index < -0.39 is 0 Å². The van der Waals surface area contributed by atoms with Crippen molar-refractivity contribution in [2.45, 2.75) is 51.3 Å². The normalized spacial score (nSPS) is 14.6. The van der Waals surface area contributed by atoms with E-state index in [-0.39, 0.29) is 12.4 Å². The van der Waals surface area contributed by atoms with Crippen LogP contribution in [0.3, 0.4) is 0 Å². The van der Waals surface area contributed by atoms with Crippen LogP contribution in [0.25, 0.3) is 0 Å². The summed E-state index contributed by atoms with van der Waals surface area (Å²) in [5.74, 6) is 1.59. The van der Waals surface area contributed by atoms with Crippen LogP contribution in [-0.4, -0.2) is 13.2 Å². The molecule has 0 radical (unpaired) electrons. The fourth-order valence-corrected chi connectivity index (χ4v) is 3.25. The van der Waals surface area contributed by atoms with Gasteiger partial charge in [0.1, 0.15) is 6.61 Å². The number of benzene rings is 2. The predicted octanol–water partition coefficient (Wildman–Crippen LogP) is 5.12. The molecule has 0 bridgehead atoms. The summed E-state index contributed by atoms with van der Waals surface area (Å²) < 4.78 is 11.4. The number of methoxy groups -OCH3 is 1. The molecule has 0 atom stereocenters. The molecule has 0 saturated heterocycles. The molecule has 1 N–H and O–H groups in total. The second kappa shape index (κ2) is 10.3. The zero-order valence-electron chi connectivity index (χ0n) is 14.9. The third-order valence-corrected chi connectivity index (χ3v) is 4.67. The van der Waals surface area contributed by atoms with E-state index in [9.17, 15) is 0 Å². The van der Waals surface area contributed by atoms with E-state index in [0.717, 1.165) is 23.6 Å². The van der Waals surface area contributed by atoms with Gasteiger partial charge in [-0.2, -0.15) is 0 Å². The Kier molecular flexibility index (Phi) is 8.10. The Hall–Kier alpha value is -1.71. The highest BCUT2D eigenvalue weighted by Crippen LogP contribution is 2.29. The molecule has 0 spiro atoms. The highest BCUT2D eigenvalue weighted by molar-refractivity contribution is 5.85. The molecule has 4 heteroatoms. The summed E-state index contributed by atoms with van der Waals surface area (Å²) in [6.45, 7) is 1.44. The van der Waals surface area contributed by atoms with E-state index in [1.807, 2.05) is 24.3 Å². The zero-order valence-corrected chi connectivity index (χ0v) is 15.7. The van der Waals surface area contributed by atoms with Crippen molar-refractivity contribution in [1.29, 1.82) is 0 Å². The highest BCUT2D eigenvalue weighted by Gasteiger charge is 2.13. The number of hydrogen-bond donors (Lipinski definition) is 1. The van der Waals surface area contributed by atoms with Gasteiger partial charge < -0.3 is 14.8 Å². The fraction of sp³-hybridized carbons (Fsp3) is 0.429. The third-order valence-electron chi connectivity index (χ3n) is 4.67. The van der Waals surface area contributed by atoms with E-state index >= 15 is 0 Å². The molecule has 0 aromatic heterocycles. The second-order valence-corrected chi connectivity index (χ2v) is 6.48. The molecular formula is C21H28ClNO2. The Labute approximate surface area is 157 Å². The van der Waals surface area contributed by atoms with Gasteiger partial charge >= 0.3 is 0 Å². The maximum absolute atomic E-state index is 5.92. The summed E-state index contributed by atoms with van der Waals surface area (Å²) in [6.07, 6.45) is 6.70. The van der Waals surface area contributed by atoms with Crippen molar-refractivity contribution in [2.24, 2.45) is 0 Å². The summed E-state index contributed by atoms with van der Waals surface area (Å²) in [7, 11) is 1.70. The first kappa shape index (κ1) is 19.6. The molecular weight excluding hydrogens is 334 g/mol. The number of ether oxygens (including phenoxy) is 2. The van der Waals surface area contributed by atoms with Crippen LogP contribution in [0, 0.1) is 0 Å². The molecule has 1 fully saturated rings. The molecule has 1 saturated carbocycles. The van der Waals surface area contributed by atoms with E-state index in [2.05, 4.69) is 29.6 Å². The molecule has 0 aliphatic heterocycles. The van der Waals surface area contributed by atoms with Crippen molar-refractivity contribution in [1.82, 2.24) is 5.32 Å². The molecule has 0 amide bonds. The first-order valence-electron chi connectivity index (χ1n) is 8.92. The number of nitrogens with one attached hydrogen (secondary N) is 1. The monoisotopic (exact) mass is 361 g/mol. The highest BCUT2D eigenvalue weighted by atomic mass is 35.5. The minimum atomic E-state index is 0. The van der Waals surface area contributed by atoms with Gasteiger partial charge in [-0.05, 0) is 36.1 Å². The van der Waals surface area contributed by atoms with Crippen LogP contribution >= 0.6 is 12.4 Å². The molecule has 2 aromatic rings. The van der Waals surface area contributed by atoms with Crippen molar-refractivity contribution < 1.29 is 9.47 Å². The SMILES string of the molecule is COc1cc(CNC2CCCCC2)ccc1OCc1ccccc1.Cl. The Morgan fingerprint density at radius 2 is 1.68 bits per heavy atom. The van der Waals surface area contributed by atoms with Gasteiger partial charge in [-0.15, -0.1) is 12.4 Å². The number of hydrogen-bond acceptors (Lipinski definition) is 3. The lowest BCUT2D eigenvalue weighted by Gasteiger charge is -2.23. The topological polar surface area (TPSA) is 30.5 Å². The Morgan fingerprint density at radius 3 is 2.40 bits per heavy atom. The molecule has 3 rings (SSSR count). The molecule has 3 nitrogen and oxygen atoms in total. The summed E-state index contributed by atoms with van der Waals surface area (Å²) in [5, 5.41) is 3.67. The van der Waals surface area contributed by atoms with Gasteiger partial charge in [0.2, 0.25) is 0 Å². The molecule has 2 aromatic carbocycles. The Balaban J connectivity index is 0.00000225. The lowest BCUT2D eigenvalue weighted by Crippen LogP contribution is -2.30. The quantitative estimate of drug-likeness (QED) is 0.742. The summed E-state index contributed by atoms with van der Waals surface area (Å²) in [5.41, 5.74) is 2.40. The van der Waals surface area contributed by atoms with Crippen LogP contribution in [0.4, 0.5) is 0 Å². The minimum Gasteiger partial charge on any atom is -0.493 e. The van der Waals surface area contributed by atoms with Crippen LogP contribution in [0.15, 0.2) is 48.5 Å². The van der Waals surface area contributed by atoms with E-state index in [1.165, 1.54) is 37.7 Å². The van der Waals surface area contributed by atoms with Gasteiger partial charge in [0, 0.05) is 12.6 Å². The van der Waals surface area contributed by atoms with Crippen molar-refractivity contribution in [3.8, 4) is 11.5 Å². The largest absolute Gasteiger partial charge is 0.493 e. The molecule has 0 heterocycles. The molecule has 25 heavy (non-hydrogen) atoms. The summed E-state index contributed by atoms with van der Waals surface area (Å²) in [6, 6.07) is 17.1. The average Bonchev–Trinajstić information content (AvgIpc) is 2.66. The van der Waals surface area contributed by atoms with Crippen LogP contribution < -0.4 is 14.8 Å². The summed E-state index contributed by atoms with van der Waals surface area (Å²) in [4.78, 5) is 0. The first-order chi connectivity index (χ1) is 11.8. The summed E-state index contributed by atoms with van der Waals surface area (Å²) >= 11 is 0. The standard InChI is InChI=1S/C21H27NO2.ClH/c1-23-21-14-18(15-22-19-10-6-3-7-11-19)12-13-20(21)24-16-17-8-4-2-5-9-17;/h2,4-5,8-9,12-14,19,22H,3,6-7,10-11,15-16H2,1H3;1H. The average molecular weight is 362 g/mol. The van der Waals surface area contributed by atoms with E-state index in [4.69, 9.17) is 9.47 Å². The first-order valence-corrected chi connectivity index (χ1v) is 8.92. The van der Waals surface area contributed by atoms with Crippen LogP contribution in [0.1, 0.15) is 43.2 Å². The molecule has 0 unspecified atom stereocenters. The van der Waals surface area contributed by atoms with Crippen molar-refractivity contribution in [2.75, 3.05) is 7.11 Å². The fourth-order valence-electron chi connectivity index (χ4n) is 3.25. The van der Waals surface area contributed by atoms with Gasteiger partial charge in [0.15, 0.2) is 11.5 Å².